The quantitative estimate of drug-likeness (QED) is 0.285. The van der Waals surface area contributed by atoms with Crippen LogP contribution in [0, 0.1) is 5.82 Å². The van der Waals surface area contributed by atoms with Gasteiger partial charge in [0.1, 0.15) is 10.8 Å². The lowest BCUT2D eigenvalue weighted by atomic mass is 10.1. The average molecular weight is 450 g/mol. The molecule has 1 nitrogen and oxygen atoms in total. The van der Waals surface area contributed by atoms with E-state index < -0.39 is 12.0 Å². The van der Waals surface area contributed by atoms with Gasteiger partial charge in [0.2, 0.25) is 0 Å². The summed E-state index contributed by atoms with van der Waals surface area (Å²) >= 11 is 10.4. The third kappa shape index (κ3) is 3.87. The molecule has 1 atom stereocenters. The van der Waals surface area contributed by atoms with Crippen molar-refractivity contribution >= 4 is 46.0 Å². The largest absolute Gasteiger partial charge is 0.237 e. The number of alkyl halides is 1. The number of thioether (sulfide) groups is 1. The molecule has 142 valence electrons. The van der Waals surface area contributed by atoms with Crippen LogP contribution in [-0.2, 0) is 0 Å². The summed E-state index contributed by atoms with van der Waals surface area (Å²) < 4.78 is 28.8. The van der Waals surface area contributed by atoms with Crippen LogP contribution >= 0.6 is 46.0 Å². The van der Waals surface area contributed by atoms with E-state index in [1.54, 1.807) is 17.8 Å². The molecule has 2 heterocycles. The van der Waals surface area contributed by atoms with Crippen LogP contribution < -0.4 is 0 Å². The first-order valence-electron chi connectivity index (χ1n) is 8.35. The molecule has 4 rings (SSSR count). The predicted octanol–water partition coefficient (Wildman–Crippen LogP) is 8.11. The van der Waals surface area contributed by atoms with E-state index in [0.29, 0.717) is 20.6 Å². The standard InChI is InChI=1S/C21H14ClF2NS3/c1-26-14-8-6-12(7-9-14)20-19(18(24)17-10-13(23)11-27-17)25-21(28-20)15-4-2-3-5-16(15)22/h2-11,18H,1H3. The Bertz CT molecular complexity index is 1110. The molecule has 2 aromatic heterocycles. The molecule has 2 aromatic carbocycles. The fourth-order valence-electron chi connectivity index (χ4n) is 2.80. The zero-order valence-corrected chi connectivity index (χ0v) is 17.9. The summed E-state index contributed by atoms with van der Waals surface area (Å²) in [7, 11) is 0. The Morgan fingerprint density at radius 2 is 1.86 bits per heavy atom. The van der Waals surface area contributed by atoms with E-state index >= 15 is 4.39 Å². The first-order chi connectivity index (χ1) is 13.6. The molecule has 28 heavy (non-hydrogen) atoms. The summed E-state index contributed by atoms with van der Waals surface area (Å²) in [5.41, 5.74) is 1.92. The van der Waals surface area contributed by atoms with Crippen LogP contribution in [0.1, 0.15) is 16.7 Å². The lowest BCUT2D eigenvalue weighted by molar-refractivity contribution is 0.401. The Balaban J connectivity index is 1.85. The Kier molecular flexibility index (Phi) is 5.83. The molecule has 1 unspecified atom stereocenters. The molecule has 4 aromatic rings. The van der Waals surface area contributed by atoms with E-state index in [1.807, 2.05) is 48.7 Å². The highest BCUT2D eigenvalue weighted by Crippen LogP contribution is 2.43. The van der Waals surface area contributed by atoms with Crippen LogP contribution in [0.3, 0.4) is 0 Å². The minimum Gasteiger partial charge on any atom is -0.237 e. The van der Waals surface area contributed by atoms with Crippen LogP contribution in [0.2, 0.25) is 5.02 Å². The lowest BCUT2D eigenvalue weighted by Gasteiger charge is -2.07. The van der Waals surface area contributed by atoms with E-state index in [-0.39, 0.29) is 0 Å². The fraction of sp³-hybridized carbons (Fsp3) is 0.0952. The van der Waals surface area contributed by atoms with Crippen LogP contribution in [0.15, 0.2) is 64.9 Å². The molecule has 0 saturated carbocycles. The van der Waals surface area contributed by atoms with Gasteiger partial charge in [-0.3, -0.25) is 0 Å². The molecular formula is C21H14ClF2NS3. The van der Waals surface area contributed by atoms with E-state index in [0.717, 1.165) is 32.2 Å². The Labute approximate surface area is 179 Å². The number of benzene rings is 2. The molecular weight excluding hydrogens is 436 g/mol. The molecule has 0 bridgehead atoms. The van der Waals surface area contributed by atoms with Crippen molar-refractivity contribution in [2.24, 2.45) is 0 Å². The average Bonchev–Trinajstić information content (AvgIpc) is 3.35. The van der Waals surface area contributed by atoms with Gasteiger partial charge in [-0.2, -0.15) is 0 Å². The van der Waals surface area contributed by atoms with Crippen LogP contribution in [0.4, 0.5) is 8.78 Å². The number of aromatic nitrogens is 1. The predicted molar refractivity (Wildman–Crippen MR) is 117 cm³/mol. The molecule has 0 aliphatic heterocycles. The highest BCUT2D eigenvalue weighted by atomic mass is 35.5. The van der Waals surface area contributed by atoms with E-state index in [9.17, 15) is 4.39 Å². The molecule has 0 radical (unpaired) electrons. The van der Waals surface area contributed by atoms with Gasteiger partial charge in [0, 0.05) is 20.7 Å². The maximum atomic E-state index is 15.4. The van der Waals surface area contributed by atoms with Gasteiger partial charge in [-0.15, -0.1) is 34.4 Å². The Morgan fingerprint density at radius 1 is 1.11 bits per heavy atom. The van der Waals surface area contributed by atoms with E-state index in [2.05, 4.69) is 4.98 Å². The highest BCUT2D eigenvalue weighted by Gasteiger charge is 2.25. The van der Waals surface area contributed by atoms with Crippen molar-refractivity contribution in [3.8, 4) is 21.0 Å². The maximum Gasteiger partial charge on any atom is 0.178 e. The molecule has 0 aliphatic carbocycles. The van der Waals surface area contributed by atoms with Crippen molar-refractivity contribution in [3.05, 3.63) is 81.4 Å². The van der Waals surface area contributed by atoms with Crippen LogP contribution in [0.5, 0.6) is 0 Å². The highest BCUT2D eigenvalue weighted by molar-refractivity contribution is 7.98. The monoisotopic (exact) mass is 449 g/mol. The molecule has 0 spiro atoms. The summed E-state index contributed by atoms with van der Waals surface area (Å²) in [5.74, 6) is -0.435. The van der Waals surface area contributed by atoms with Gasteiger partial charge in [-0.1, -0.05) is 41.9 Å². The summed E-state index contributed by atoms with van der Waals surface area (Å²) in [6.45, 7) is 0. The number of hydrogen-bond acceptors (Lipinski definition) is 4. The van der Waals surface area contributed by atoms with Crippen molar-refractivity contribution in [1.82, 2.24) is 4.98 Å². The van der Waals surface area contributed by atoms with Gasteiger partial charge in [-0.25, -0.2) is 13.8 Å². The number of thiazole rings is 1. The third-order valence-electron chi connectivity index (χ3n) is 4.19. The Hall–Kier alpha value is -1.73. The van der Waals surface area contributed by atoms with E-state index in [4.69, 9.17) is 11.6 Å². The van der Waals surface area contributed by atoms with Gasteiger partial charge in [0.05, 0.1) is 15.6 Å². The van der Waals surface area contributed by atoms with Crippen molar-refractivity contribution in [1.29, 1.82) is 0 Å². The van der Waals surface area contributed by atoms with Crippen LogP contribution in [-0.4, -0.2) is 11.2 Å². The van der Waals surface area contributed by atoms with E-state index in [1.165, 1.54) is 22.8 Å². The second-order valence-electron chi connectivity index (χ2n) is 5.97. The summed E-state index contributed by atoms with van der Waals surface area (Å²) in [6.07, 6.45) is 0.503. The van der Waals surface area contributed by atoms with Crippen LogP contribution in [0.25, 0.3) is 21.0 Å². The first kappa shape index (κ1) is 19.6. The summed E-state index contributed by atoms with van der Waals surface area (Å²) in [6, 6.07) is 16.5. The molecule has 0 saturated heterocycles. The smallest absolute Gasteiger partial charge is 0.178 e. The van der Waals surface area contributed by atoms with Crippen molar-refractivity contribution < 1.29 is 8.78 Å². The number of rotatable bonds is 5. The minimum absolute atomic E-state index is 0.290. The minimum atomic E-state index is -1.50. The van der Waals surface area contributed by atoms with Gasteiger partial charge in [-0.05, 0) is 36.1 Å². The van der Waals surface area contributed by atoms with Gasteiger partial charge in [0.25, 0.3) is 0 Å². The fourth-order valence-corrected chi connectivity index (χ4v) is 5.35. The molecule has 0 fully saturated rings. The first-order valence-corrected chi connectivity index (χ1v) is 11.6. The van der Waals surface area contributed by atoms with Crippen molar-refractivity contribution in [2.75, 3.05) is 6.26 Å². The summed E-state index contributed by atoms with van der Waals surface area (Å²) in [4.78, 5) is 6.73. The Morgan fingerprint density at radius 3 is 2.50 bits per heavy atom. The maximum absolute atomic E-state index is 15.4. The lowest BCUT2D eigenvalue weighted by Crippen LogP contribution is -1.95. The summed E-state index contributed by atoms with van der Waals surface area (Å²) in [5, 5.41) is 2.50. The normalized spacial score (nSPS) is 12.3. The zero-order chi connectivity index (χ0) is 19.7. The molecule has 0 amide bonds. The van der Waals surface area contributed by atoms with Crippen molar-refractivity contribution in [2.45, 2.75) is 11.1 Å². The molecule has 0 N–H and O–H groups in total. The number of halogens is 3. The SMILES string of the molecule is CSc1ccc(-c2sc(-c3ccccc3Cl)nc2C(F)c2cc(F)cs2)cc1. The number of thiophene rings is 1. The number of nitrogens with zero attached hydrogens (tertiary/aromatic N) is 1. The second kappa shape index (κ2) is 8.33. The topological polar surface area (TPSA) is 12.9 Å². The second-order valence-corrected chi connectivity index (χ2v) is 9.20. The number of hydrogen-bond donors (Lipinski definition) is 0. The molecule has 7 heteroatoms. The van der Waals surface area contributed by atoms with Gasteiger partial charge in [0.15, 0.2) is 6.17 Å². The zero-order valence-electron chi connectivity index (χ0n) is 14.7. The van der Waals surface area contributed by atoms with Crippen molar-refractivity contribution in [3.63, 3.8) is 0 Å². The van der Waals surface area contributed by atoms with Gasteiger partial charge >= 0.3 is 0 Å². The van der Waals surface area contributed by atoms with Gasteiger partial charge < -0.3 is 0 Å². The third-order valence-corrected chi connectivity index (χ3v) is 7.35. The molecule has 0 aliphatic rings.